The fourth-order valence-corrected chi connectivity index (χ4v) is 2.01. The number of carbonyl (C=O) groups excluding carboxylic acids is 1. The van der Waals surface area contributed by atoms with E-state index in [1.165, 1.54) is 0 Å². The van der Waals surface area contributed by atoms with Crippen LogP contribution in [0.4, 0.5) is 11.4 Å². The van der Waals surface area contributed by atoms with Crippen molar-refractivity contribution in [3.63, 3.8) is 0 Å². The summed E-state index contributed by atoms with van der Waals surface area (Å²) in [6.45, 7) is 3.69. The van der Waals surface area contributed by atoms with E-state index in [9.17, 15) is 4.79 Å². The number of nitrogens with zero attached hydrogens (tertiary/aromatic N) is 2. The minimum Gasteiger partial charge on any atom is -0.398 e. The van der Waals surface area contributed by atoms with Crippen molar-refractivity contribution < 1.29 is 4.79 Å². The van der Waals surface area contributed by atoms with Crippen LogP contribution in [0.2, 0.25) is 5.02 Å². The van der Waals surface area contributed by atoms with E-state index in [1.807, 2.05) is 13.8 Å². The first-order valence-electron chi connectivity index (χ1n) is 5.76. The van der Waals surface area contributed by atoms with Gasteiger partial charge in [0, 0.05) is 12.7 Å². The molecule has 0 fully saturated rings. The molecule has 5 nitrogen and oxygen atoms in total. The number of rotatable bonds is 2. The highest BCUT2D eigenvalue weighted by atomic mass is 35.5. The SMILES string of the molecule is Cc1cc(C(=O)Nc2cc(Cl)c(N)cc2C)n(C)n1. The third-order valence-corrected chi connectivity index (χ3v) is 3.15. The zero-order valence-electron chi connectivity index (χ0n) is 11.0. The molecular formula is C13H15ClN4O. The minimum absolute atomic E-state index is 0.230. The quantitative estimate of drug-likeness (QED) is 0.829. The van der Waals surface area contributed by atoms with Crippen LogP contribution in [0.5, 0.6) is 0 Å². The molecule has 2 rings (SSSR count). The van der Waals surface area contributed by atoms with Crippen molar-refractivity contribution in [3.8, 4) is 0 Å². The molecule has 1 aromatic carbocycles. The summed E-state index contributed by atoms with van der Waals surface area (Å²) in [7, 11) is 1.73. The van der Waals surface area contributed by atoms with E-state index in [4.69, 9.17) is 17.3 Å². The van der Waals surface area contributed by atoms with E-state index >= 15 is 0 Å². The zero-order valence-corrected chi connectivity index (χ0v) is 11.7. The van der Waals surface area contributed by atoms with Gasteiger partial charge in [-0.3, -0.25) is 9.48 Å². The molecule has 0 aliphatic carbocycles. The third-order valence-electron chi connectivity index (χ3n) is 2.83. The van der Waals surface area contributed by atoms with Gasteiger partial charge in [0.1, 0.15) is 5.69 Å². The van der Waals surface area contributed by atoms with Gasteiger partial charge in [0.05, 0.1) is 16.4 Å². The summed E-state index contributed by atoms with van der Waals surface area (Å²) >= 11 is 5.96. The molecule has 0 radical (unpaired) electrons. The van der Waals surface area contributed by atoms with Crippen LogP contribution in [-0.2, 0) is 7.05 Å². The first-order valence-corrected chi connectivity index (χ1v) is 6.14. The number of aryl methyl sites for hydroxylation is 3. The average Bonchev–Trinajstić information content (AvgIpc) is 2.65. The largest absolute Gasteiger partial charge is 0.398 e. The minimum atomic E-state index is -0.230. The fourth-order valence-electron chi connectivity index (χ4n) is 1.85. The lowest BCUT2D eigenvalue weighted by Crippen LogP contribution is -2.16. The second kappa shape index (κ2) is 4.93. The summed E-state index contributed by atoms with van der Waals surface area (Å²) < 4.78 is 1.54. The summed E-state index contributed by atoms with van der Waals surface area (Å²) in [5.74, 6) is -0.230. The predicted molar refractivity (Wildman–Crippen MR) is 76.5 cm³/mol. The summed E-state index contributed by atoms with van der Waals surface area (Å²) in [6.07, 6.45) is 0. The number of hydrogen-bond donors (Lipinski definition) is 2. The number of nitrogens with one attached hydrogen (secondary N) is 1. The molecule has 0 atom stereocenters. The average molecular weight is 279 g/mol. The highest BCUT2D eigenvalue weighted by molar-refractivity contribution is 6.33. The van der Waals surface area contributed by atoms with Gasteiger partial charge in [-0.15, -0.1) is 0 Å². The summed E-state index contributed by atoms with van der Waals surface area (Å²) in [6, 6.07) is 5.10. The lowest BCUT2D eigenvalue weighted by Gasteiger charge is -2.10. The van der Waals surface area contributed by atoms with E-state index in [2.05, 4.69) is 10.4 Å². The van der Waals surface area contributed by atoms with Crippen LogP contribution in [0, 0.1) is 13.8 Å². The van der Waals surface area contributed by atoms with Gasteiger partial charge in [-0.2, -0.15) is 5.10 Å². The van der Waals surface area contributed by atoms with Crippen molar-refractivity contribution in [2.45, 2.75) is 13.8 Å². The second-order valence-electron chi connectivity index (χ2n) is 4.44. The molecule has 0 spiro atoms. The van der Waals surface area contributed by atoms with E-state index in [-0.39, 0.29) is 5.91 Å². The van der Waals surface area contributed by atoms with Gasteiger partial charge in [-0.05, 0) is 37.6 Å². The predicted octanol–water partition coefficient (Wildman–Crippen LogP) is 2.52. The van der Waals surface area contributed by atoms with Gasteiger partial charge < -0.3 is 11.1 Å². The number of amides is 1. The highest BCUT2D eigenvalue weighted by Crippen LogP contribution is 2.27. The van der Waals surface area contributed by atoms with Crippen molar-refractivity contribution in [1.29, 1.82) is 0 Å². The molecule has 0 saturated heterocycles. The van der Waals surface area contributed by atoms with Crippen LogP contribution < -0.4 is 11.1 Å². The Hall–Kier alpha value is -2.01. The number of anilines is 2. The first kappa shape index (κ1) is 13.4. The van der Waals surface area contributed by atoms with E-state index in [1.54, 1.807) is 29.9 Å². The normalized spacial score (nSPS) is 10.5. The Labute approximate surface area is 116 Å². The molecule has 6 heteroatoms. The molecule has 19 heavy (non-hydrogen) atoms. The Morgan fingerprint density at radius 2 is 2.05 bits per heavy atom. The van der Waals surface area contributed by atoms with Crippen molar-refractivity contribution in [3.05, 3.63) is 40.2 Å². The standard InChI is InChI=1S/C13H15ClN4O/c1-7-4-10(15)9(14)6-11(7)16-13(19)12-5-8(2)17-18(12)3/h4-6H,15H2,1-3H3,(H,16,19). The Kier molecular flexibility index (Phi) is 3.48. The Morgan fingerprint density at radius 3 is 2.63 bits per heavy atom. The molecule has 0 bridgehead atoms. The number of nitrogens with two attached hydrogens (primary N) is 1. The molecule has 3 N–H and O–H groups in total. The van der Waals surface area contributed by atoms with Gasteiger partial charge in [0.2, 0.25) is 0 Å². The maximum absolute atomic E-state index is 12.2. The fraction of sp³-hybridized carbons (Fsp3) is 0.231. The first-order chi connectivity index (χ1) is 8.88. The lowest BCUT2D eigenvalue weighted by molar-refractivity contribution is 0.101. The van der Waals surface area contributed by atoms with Gasteiger partial charge in [0.25, 0.3) is 5.91 Å². The van der Waals surface area contributed by atoms with Crippen LogP contribution in [-0.4, -0.2) is 15.7 Å². The van der Waals surface area contributed by atoms with E-state index in [0.29, 0.717) is 22.1 Å². The molecule has 1 amide bonds. The number of aromatic nitrogens is 2. The van der Waals surface area contributed by atoms with Gasteiger partial charge in [-0.25, -0.2) is 0 Å². The van der Waals surface area contributed by atoms with Crippen molar-refractivity contribution in [1.82, 2.24) is 9.78 Å². The Bertz CT molecular complexity index is 648. The van der Waals surface area contributed by atoms with Crippen LogP contribution in [0.3, 0.4) is 0 Å². The zero-order chi connectivity index (χ0) is 14.2. The van der Waals surface area contributed by atoms with Crippen LogP contribution in [0.15, 0.2) is 18.2 Å². The number of halogens is 1. The molecule has 0 saturated carbocycles. The van der Waals surface area contributed by atoms with Crippen molar-refractivity contribution in [2.24, 2.45) is 7.05 Å². The monoisotopic (exact) mass is 278 g/mol. The molecule has 2 aromatic rings. The van der Waals surface area contributed by atoms with Crippen molar-refractivity contribution >= 4 is 28.9 Å². The number of carbonyl (C=O) groups is 1. The topological polar surface area (TPSA) is 72.9 Å². The maximum Gasteiger partial charge on any atom is 0.273 e. The summed E-state index contributed by atoms with van der Waals surface area (Å²) in [5, 5.41) is 7.37. The Morgan fingerprint density at radius 1 is 1.37 bits per heavy atom. The molecule has 1 aromatic heterocycles. The van der Waals surface area contributed by atoms with Crippen LogP contribution in [0.1, 0.15) is 21.7 Å². The van der Waals surface area contributed by atoms with E-state index in [0.717, 1.165) is 11.3 Å². The Balaban J connectivity index is 2.29. The molecule has 0 aliphatic rings. The number of hydrogen-bond acceptors (Lipinski definition) is 3. The number of benzene rings is 1. The van der Waals surface area contributed by atoms with E-state index < -0.39 is 0 Å². The molecular weight excluding hydrogens is 264 g/mol. The second-order valence-corrected chi connectivity index (χ2v) is 4.84. The number of nitrogen functional groups attached to an aromatic ring is 1. The molecule has 1 heterocycles. The van der Waals surface area contributed by atoms with Crippen LogP contribution in [0.25, 0.3) is 0 Å². The molecule has 0 unspecified atom stereocenters. The summed E-state index contributed by atoms with van der Waals surface area (Å²) in [5.41, 5.74) is 8.97. The molecule has 0 aliphatic heterocycles. The smallest absolute Gasteiger partial charge is 0.273 e. The third kappa shape index (κ3) is 2.71. The van der Waals surface area contributed by atoms with Crippen LogP contribution >= 0.6 is 11.6 Å². The lowest BCUT2D eigenvalue weighted by atomic mass is 10.1. The highest BCUT2D eigenvalue weighted by Gasteiger charge is 2.13. The van der Waals surface area contributed by atoms with Crippen molar-refractivity contribution in [2.75, 3.05) is 11.1 Å². The van der Waals surface area contributed by atoms with Gasteiger partial charge >= 0.3 is 0 Å². The summed E-state index contributed by atoms with van der Waals surface area (Å²) in [4.78, 5) is 12.2. The van der Waals surface area contributed by atoms with Gasteiger partial charge in [0.15, 0.2) is 0 Å². The van der Waals surface area contributed by atoms with Gasteiger partial charge in [-0.1, -0.05) is 11.6 Å². The maximum atomic E-state index is 12.2. The molecule has 100 valence electrons.